The number of nitrogens with zero attached hydrogens (tertiary/aromatic N) is 4. The van der Waals surface area contributed by atoms with E-state index in [1.54, 1.807) is 0 Å². The van der Waals surface area contributed by atoms with Crippen LogP contribution in [-0.4, -0.2) is 38.7 Å². The lowest BCUT2D eigenvalue weighted by atomic mass is 10.00. The van der Waals surface area contributed by atoms with E-state index < -0.39 is 0 Å². The maximum atomic E-state index is 5.66. The van der Waals surface area contributed by atoms with Crippen molar-refractivity contribution < 1.29 is 4.74 Å². The molecule has 0 bridgehead atoms. The van der Waals surface area contributed by atoms with Gasteiger partial charge in [-0.1, -0.05) is 6.42 Å². The summed E-state index contributed by atoms with van der Waals surface area (Å²) in [6.07, 6.45) is 3.58. The second-order valence-electron chi connectivity index (χ2n) is 4.88. The van der Waals surface area contributed by atoms with Crippen LogP contribution in [0.4, 0.5) is 11.9 Å². The van der Waals surface area contributed by atoms with Crippen LogP contribution >= 0.6 is 0 Å². The molecular weight excluding hydrogens is 244 g/mol. The molecule has 1 aromatic rings. The number of hydrogen-bond acceptors (Lipinski definition) is 7. The molecule has 2 rings (SSSR count). The Hall–Kier alpha value is -1.63. The highest BCUT2D eigenvalue weighted by atomic mass is 16.5. The summed E-state index contributed by atoms with van der Waals surface area (Å²) >= 11 is 0. The lowest BCUT2D eigenvalue weighted by molar-refractivity contribution is 0.134. The molecule has 0 amide bonds. The molecule has 2 unspecified atom stereocenters. The van der Waals surface area contributed by atoms with Crippen molar-refractivity contribution in [3.8, 4) is 6.01 Å². The average Bonchev–Trinajstić information content (AvgIpc) is 2.34. The Morgan fingerprint density at radius 3 is 2.58 bits per heavy atom. The van der Waals surface area contributed by atoms with Crippen molar-refractivity contribution in [1.29, 1.82) is 0 Å². The molecule has 2 atom stereocenters. The van der Waals surface area contributed by atoms with Crippen LogP contribution in [0.5, 0.6) is 6.01 Å². The van der Waals surface area contributed by atoms with E-state index in [1.165, 1.54) is 6.42 Å². The number of ether oxygens (including phenoxy) is 1. The zero-order chi connectivity index (χ0) is 13.8. The minimum Gasteiger partial charge on any atom is -0.464 e. The first kappa shape index (κ1) is 13.8. The highest BCUT2D eigenvalue weighted by Crippen LogP contribution is 2.22. The molecule has 1 saturated heterocycles. The zero-order valence-corrected chi connectivity index (χ0v) is 11.8. The van der Waals surface area contributed by atoms with Gasteiger partial charge >= 0.3 is 6.01 Å². The van der Waals surface area contributed by atoms with E-state index in [-0.39, 0.29) is 12.0 Å². The number of nitrogens with two attached hydrogens (primary N) is 1. The van der Waals surface area contributed by atoms with E-state index in [0.29, 0.717) is 24.6 Å². The van der Waals surface area contributed by atoms with Crippen LogP contribution in [0.15, 0.2) is 0 Å². The van der Waals surface area contributed by atoms with Gasteiger partial charge in [-0.05, 0) is 33.6 Å². The quantitative estimate of drug-likeness (QED) is 0.852. The third-order valence-corrected chi connectivity index (χ3v) is 3.33. The lowest BCUT2D eigenvalue weighted by Crippen LogP contribution is -2.47. The standard InChI is InChI=1S/C12H22N6O/c1-4-19-12-15-10(13)14-11(16-12)17-18-8(2)6-5-7-9(18)3/h8-9H,4-7H2,1-3H3,(H3,13,14,15,16,17). The Bertz CT molecular complexity index is 417. The van der Waals surface area contributed by atoms with Gasteiger partial charge in [0.2, 0.25) is 11.9 Å². The molecule has 1 aliphatic heterocycles. The van der Waals surface area contributed by atoms with Gasteiger partial charge < -0.3 is 10.5 Å². The first-order valence-electron chi connectivity index (χ1n) is 6.79. The number of nitrogen functional groups attached to an aromatic ring is 1. The summed E-state index contributed by atoms with van der Waals surface area (Å²) < 4.78 is 5.27. The number of hydrogen-bond donors (Lipinski definition) is 2. The van der Waals surface area contributed by atoms with Crippen molar-refractivity contribution in [3.63, 3.8) is 0 Å². The van der Waals surface area contributed by atoms with Gasteiger partial charge in [-0.2, -0.15) is 15.0 Å². The predicted octanol–water partition coefficient (Wildman–Crippen LogP) is 1.44. The van der Waals surface area contributed by atoms with Crippen LogP contribution < -0.4 is 15.9 Å². The number of hydrazine groups is 1. The molecule has 0 radical (unpaired) electrons. The smallest absolute Gasteiger partial charge is 0.323 e. The molecule has 0 aromatic carbocycles. The van der Waals surface area contributed by atoms with E-state index in [2.05, 4.69) is 39.2 Å². The van der Waals surface area contributed by atoms with Crippen LogP contribution in [0.2, 0.25) is 0 Å². The van der Waals surface area contributed by atoms with Crippen LogP contribution in [-0.2, 0) is 0 Å². The minimum atomic E-state index is 0.165. The number of nitrogens with one attached hydrogen (secondary N) is 1. The fraction of sp³-hybridized carbons (Fsp3) is 0.750. The Labute approximate surface area is 113 Å². The molecule has 19 heavy (non-hydrogen) atoms. The number of rotatable bonds is 4. The van der Waals surface area contributed by atoms with Crippen molar-refractivity contribution in [3.05, 3.63) is 0 Å². The molecule has 1 fully saturated rings. The maximum Gasteiger partial charge on any atom is 0.323 e. The van der Waals surface area contributed by atoms with Crippen molar-refractivity contribution in [1.82, 2.24) is 20.0 Å². The first-order valence-corrected chi connectivity index (χ1v) is 6.79. The molecule has 7 heteroatoms. The molecule has 106 valence electrons. The van der Waals surface area contributed by atoms with Gasteiger partial charge in [-0.3, -0.25) is 5.43 Å². The van der Waals surface area contributed by atoms with E-state index in [9.17, 15) is 0 Å². The SMILES string of the molecule is CCOc1nc(N)nc(NN2C(C)CCCC2C)n1. The van der Waals surface area contributed by atoms with Crippen LogP contribution in [0, 0.1) is 0 Å². The fourth-order valence-corrected chi connectivity index (χ4v) is 2.37. The number of anilines is 2. The van der Waals surface area contributed by atoms with E-state index in [0.717, 1.165) is 12.8 Å². The van der Waals surface area contributed by atoms with E-state index in [4.69, 9.17) is 10.5 Å². The minimum absolute atomic E-state index is 0.165. The van der Waals surface area contributed by atoms with Crippen molar-refractivity contribution >= 4 is 11.9 Å². The van der Waals surface area contributed by atoms with Crippen molar-refractivity contribution in [2.45, 2.75) is 52.1 Å². The van der Waals surface area contributed by atoms with Gasteiger partial charge in [0.05, 0.1) is 6.61 Å². The van der Waals surface area contributed by atoms with Crippen LogP contribution in [0.3, 0.4) is 0 Å². The Morgan fingerprint density at radius 2 is 1.95 bits per heavy atom. The number of piperidine rings is 1. The summed E-state index contributed by atoms with van der Waals surface area (Å²) in [6, 6.07) is 1.14. The monoisotopic (exact) mass is 266 g/mol. The third kappa shape index (κ3) is 3.44. The number of aromatic nitrogens is 3. The summed E-state index contributed by atoms with van der Waals surface area (Å²) in [5, 5.41) is 2.17. The zero-order valence-electron chi connectivity index (χ0n) is 11.8. The Kier molecular flexibility index (Phi) is 4.36. The van der Waals surface area contributed by atoms with Gasteiger partial charge in [0, 0.05) is 12.1 Å². The first-order chi connectivity index (χ1) is 9.10. The van der Waals surface area contributed by atoms with E-state index >= 15 is 0 Å². The summed E-state index contributed by atoms with van der Waals surface area (Å²) in [7, 11) is 0. The van der Waals surface area contributed by atoms with Gasteiger partial charge in [-0.25, -0.2) is 5.01 Å². The average molecular weight is 266 g/mol. The molecule has 0 aliphatic carbocycles. The molecule has 1 aliphatic rings. The Balaban J connectivity index is 2.13. The maximum absolute atomic E-state index is 5.66. The second kappa shape index (κ2) is 6.01. The highest BCUT2D eigenvalue weighted by Gasteiger charge is 2.25. The molecule has 0 spiro atoms. The second-order valence-corrected chi connectivity index (χ2v) is 4.88. The fourth-order valence-electron chi connectivity index (χ4n) is 2.37. The molecule has 7 nitrogen and oxygen atoms in total. The van der Waals surface area contributed by atoms with Crippen molar-refractivity contribution in [2.24, 2.45) is 0 Å². The van der Waals surface area contributed by atoms with Gasteiger partial charge in [0.1, 0.15) is 0 Å². The topological polar surface area (TPSA) is 89.2 Å². The predicted molar refractivity (Wildman–Crippen MR) is 73.6 cm³/mol. The lowest BCUT2D eigenvalue weighted by Gasteiger charge is -2.38. The van der Waals surface area contributed by atoms with E-state index in [1.807, 2.05) is 6.92 Å². The summed E-state index contributed by atoms with van der Waals surface area (Å²) in [5.41, 5.74) is 8.89. The summed E-state index contributed by atoms with van der Waals surface area (Å²) in [4.78, 5) is 12.2. The Morgan fingerprint density at radius 1 is 1.26 bits per heavy atom. The largest absolute Gasteiger partial charge is 0.464 e. The third-order valence-electron chi connectivity index (χ3n) is 3.33. The summed E-state index contributed by atoms with van der Waals surface area (Å²) in [6.45, 7) is 6.76. The van der Waals surface area contributed by atoms with Crippen LogP contribution in [0.1, 0.15) is 40.0 Å². The molecule has 2 heterocycles. The van der Waals surface area contributed by atoms with Gasteiger partial charge in [0.15, 0.2) is 0 Å². The van der Waals surface area contributed by atoms with Gasteiger partial charge in [-0.15, -0.1) is 0 Å². The molecule has 3 N–H and O–H groups in total. The normalized spacial score (nSPS) is 24.2. The highest BCUT2D eigenvalue weighted by molar-refractivity contribution is 5.32. The van der Waals surface area contributed by atoms with Crippen molar-refractivity contribution in [2.75, 3.05) is 17.8 Å². The van der Waals surface area contributed by atoms with Crippen LogP contribution in [0.25, 0.3) is 0 Å². The summed E-state index contributed by atoms with van der Waals surface area (Å²) in [5.74, 6) is 0.606. The molecule has 0 saturated carbocycles. The molecule has 1 aromatic heterocycles. The molecular formula is C12H22N6O. The van der Waals surface area contributed by atoms with Gasteiger partial charge in [0.25, 0.3) is 0 Å².